The molecule has 1 aliphatic rings. The lowest BCUT2D eigenvalue weighted by Gasteiger charge is -2.35. The van der Waals surface area contributed by atoms with Gasteiger partial charge in [0.1, 0.15) is 0 Å². The van der Waals surface area contributed by atoms with Crippen molar-refractivity contribution in [1.29, 1.82) is 0 Å². The standard InChI is InChI=1S/C11H16F3NO3/c1-7-2-4-10(5-3-7,9(17)18)6-15-8(16)11(12,13)14/h7H,2-6H2,1H3,(H,15,16)(H,17,18). The molecule has 0 aromatic rings. The molecule has 104 valence electrons. The van der Waals surface area contributed by atoms with Crippen LogP contribution in [0.25, 0.3) is 0 Å². The molecular weight excluding hydrogens is 251 g/mol. The summed E-state index contributed by atoms with van der Waals surface area (Å²) >= 11 is 0. The summed E-state index contributed by atoms with van der Waals surface area (Å²) in [4.78, 5) is 21.9. The number of nitrogens with one attached hydrogen (secondary N) is 1. The average molecular weight is 267 g/mol. The van der Waals surface area contributed by atoms with Gasteiger partial charge in [0.2, 0.25) is 0 Å². The van der Waals surface area contributed by atoms with E-state index in [2.05, 4.69) is 0 Å². The Balaban J connectivity index is 2.65. The maximum Gasteiger partial charge on any atom is 0.471 e. The highest BCUT2D eigenvalue weighted by Crippen LogP contribution is 2.38. The molecule has 4 nitrogen and oxygen atoms in total. The first-order valence-electron chi connectivity index (χ1n) is 5.76. The van der Waals surface area contributed by atoms with Crippen molar-refractivity contribution in [2.24, 2.45) is 11.3 Å². The third kappa shape index (κ3) is 3.36. The number of rotatable bonds is 3. The van der Waals surface area contributed by atoms with Gasteiger partial charge in [0.25, 0.3) is 0 Å². The minimum Gasteiger partial charge on any atom is -0.481 e. The molecule has 1 saturated carbocycles. The van der Waals surface area contributed by atoms with Crippen molar-refractivity contribution in [3.05, 3.63) is 0 Å². The fraction of sp³-hybridized carbons (Fsp3) is 0.818. The third-order valence-electron chi connectivity index (χ3n) is 3.53. The maximum atomic E-state index is 12.0. The number of carbonyl (C=O) groups is 2. The van der Waals surface area contributed by atoms with Gasteiger partial charge < -0.3 is 10.4 Å². The van der Waals surface area contributed by atoms with E-state index in [1.165, 1.54) is 0 Å². The third-order valence-corrected chi connectivity index (χ3v) is 3.53. The number of aliphatic carboxylic acids is 1. The minimum atomic E-state index is -4.97. The first-order chi connectivity index (χ1) is 8.17. The topological polar surface area (TPSA) is 66.4 Å². The smallest absolute Gasteiger partial charge is 0.471 e. The van der Waals surface area contributed by atoms with E-state index in [0.717, 1.165) is 0 Å². The molecule has 0 spiro atoms. The van der Waals surface area contributed by atoms with Gasteiger partial charge in [0, 0.05) is 6.54 Å². The van der Waals surface area contributed by atoms with E-state index in [4.69, 9.17) is 5.11 Å². The highest BCUT2D eigenvalue weighted by molar-refractivity contribution is 5.83. The Bertz CT molecular complexity index is 333. The SMILES string of the molecule is CC1CCC(CNC(=O)C(F)(F)F)(C(=O)O)CC1. The van der Waals surface area contributed by atoms with Crippen molar-refractivity contribution in [3.8, 4) is 0 Å². The molecule has 0 heterocycles. The lowest BCUT2D eigenvalue weighted by molar-refractivity contribution is -0.175. The Morgan fingerprint density at radius 3 is 2.22 bits per heavy atom. The number of carboxylic acids is 1. The summed E-state index contributed by atoms with van der Waals surface area (Å²) < 4.78 is 36.1. The first-order valence-corrected chi connectivity index (χ1v) is 5.76. The number of hydrogen-bond donors (Lipinski definition) is 2. The summed E-state index contributed by atoms with van der Waals surface area (Å²) in [7, 11) is 0. The van der Waals surface area contributed by atoms with Gasteiger partial charge in [-0.05, 0) is 31.6 Å². The Labute approximate surface area is 103 Å². The van der Waals surface area contributed by atoms with E-state index >= 15 is 0 Å². The van der Waals surface area contributed by atoms with E-state index < -0.39 is 30.0 Å². The van der Waals surface area contributed by atoms with Gasteiger partial charge in [-0.1, -0.05) is 6.92 Å². The van der Waals surface area contributed by atoms with Crippen molar-refractivity contribution in [1.82, 2.24) is 5.32 Å². The van der Waals surface area contributed by atoms with Crippen LogP contribution in [0.4, 0.5) is 13.2 Å². The maximum absolute atomic E-state index is 12.0. The lowest BCUT2D eigenvalue weighted by Crippen LogP contribution is -2.48. The number of alkyl halides is 3. The van der Waals surface area contributed by atoms with Crippen molar-refractivity contribution in [3.63, 3.8) is 0 Å². The summed E-state index contributed by atoms with van der Waals surface area (Å²) in [6, 6.07) is 0. The summed E-state index contributed by atoms with van der Waals surface area (Å²) in [5.41, 5.74) is -1.26. The van der Waals surface area contributed by atoms with Crippen LogP contribution >= 0.6 is 0 Å². The zero-order valence-corrected chi connectivity index (χ0v) is 10.0. The van der Waals surface area contributed by atoms with Crippen LogP contribution in [0.1, 0.15) is 32.6 Å². The molecule has 0 aromatic heterocycles. The number of carboxylic acid groups (broad SMARTS) is 1. The Hall–Kier alpha value is -1.27. The Morgan fingerprint density at radius 2 is 1.83 bits per heavy atom. The van der Waals surface area contributed by atoms with E-state index in [9.17, 15) is 22.8 Å². The van der Waals surface area contributed by atoms with Crippen LogP contribution < -0.4 is 5.32 Å². The molecule has 0 atom stereocenters. The largest absolute Gasteiger partial charge is 0.481 e. The van der Waals surface area contributed by atoms with Crippen LogP contribution in [0, 0.1) is 11.3 Å². The molecule has 1 aliphatic carbocycles. The van der Waals surface area contributed by atoms with Crippen molar-refractivity contribution >= 4 is 11.9 Å². The molecule has 0 saturated heterocycles. The second-order valence-electron chi connectivity index (χ2n) is 4.95. The van der Waals surface area contributed by atoms with E-state index in [-0.39, 0.29) is 0 Å². The van der Waals surface area contributed by atoms with Gasteiger partial charge in [-0.25, -0.2) is 0 Å². The normalized spacial score (nSPS) is 28.8. The fourth-order valence-electron chi connectivity index (χ4n) is 2.13. The van der Waals surface area contributed by atoms with Gasteiger partial charge in [-0.2, -0.15) is 13.2 Å². The molecular formula is C11H16F3NO3. The van der Waals surface area contributed by atoms with Crippen molar-refractivity contribution in [2.75, 3.05) is 6.54 Å². The van der Waals surface area contributed by atoms with Crippen LogP contribution in [0.15, 0.2) is 0 Å². The van der Waals surface area contributed by atoms with Gasteiger partial charge in [-0.3, -0.25) is 9.59 Å². The van der Waals surface area contributed by atoms with Gasteiger partial charge in [0.05, 0.1) is 5.41 Å². The predicted octanol–water partition coefficient (Wildman–Crippen LogP) is 1.95. The van der Waals surface area contributed by atoms with E-state index in [1.807, 2.05) is 6.92 Å². The lowest BCUT2D eigenvalue weighted by atomic mass is 9.71. The van der Waals surface area contributed by atoms with Gasteiger partial charge >= 0.3 is 18.1 Å². The molecule has 0 bridgehead atoms. The van der Waals surface area contributed by atoms with Crippen LogP contribution in [0.3, 0.4) is 0 Å². The highest BCUT2D eigenvalue weighted by Gasteiger charge is 2.44. The molecule has 0 aliphatic heterocycles. The van der Waals surface area contributed by atoms with Crippen LogP contribution in [0.5, 0.6) is 0 Å². The summed E-state index contributed by atoms with van der Waals surface area (Å²) in [6.07, 6.45) is -3.09. The molecule has 2 N–H and O–H groups in total. The number of amides is 1. The zero-order chi connectivity index (χ0) is 14.0. The Kier molecular flexibility index (Phi) is 4.24. The number of hydrogen-bond acceptors (Lipinski definition) is 2. The average Bonchev–Trinajstić information content (AvgIpc) is 2.26. The zero-order valence-electron chi connectivity index (χ0n) is 10.0. The van der Waals surface area contributed by atoms with Gasteiger partial charge in [0.15, 0.2) is 0 Å². The Morgan fingerprint density at radius 1 is 1.33 bits per heavy atom. The first kappa shape index (κ1) is 14.8. The predicted molar refractivity (Wildman–Crippen MR) is 56.8 cm³/mol. The van der Waals surface area contributed by atoms with Crippen LogP contribution in [0.2, 0.25) is 0 Å². The number of halogens is 3. The minimum absolute atomic E-state index is 0.293. The fourth-order valence-corrected chi connectivity index (χ4v) is 2.13. The van der Waals surface area contributed by atoms with Crippen LogP contribution in [-0.4, -0.2) is 29.7 Å². The highest BCUT2D eigenvalue weighted by atomic mass is 19.4. The molecule has 0 aromatic carbocycles. The van der Waals surface area contributed by atoms with Crippen molar-refractivity contribution < 1.29 is 27.9 Å². The molecule has 1 amide bonds. The molecule has 0 radical (unpaired) electrons. The van der Waals surface area contributed by atoms with E-state index in [1.54, 1.807) is 5.32 Å². The summed E-state index contributed by atoms with van der Waals surface area (Å²) in [5.74, 6) is -2.85. The second-order valence-corrected chi connectivity index (χ2v) is 4.95. The molecule has 18 heavy (non-hydrogen) atoms. The second kappa shape index (κ2) is 5.16. The summed E-state index contributed by atoms with van der Waals surface area (Å²) in [6.45, 7) is 1.51. The van der Waals surface area contributed by atoms with Crippen molar-refractivity contribution in [2.45, 2.75) is 38.8 Å². The van der Waals surface area contributed by atoms with E-state index in [0.29, 0.717) is 31.6 Å². The molecule has 1 rings (SSSR count). The monoisotopic (exact) mass is 267 g/mol. The van der Waals surface area contributed by atoms with Crippen LogP contribution in [-0.2, 0) is 9.59 Å². The molecule has 1 fully saturated rings. The molecule has 7 heteroatoms. The quantitative estimate of drug-likeness (QED) is 0.821. The van der Waals surface area contributed by atoms with Gasteiger partial charge in [-0.15, -0.1) is 0 Å². The molecule has 0 unspecified atom stereocenters. The number of carbonyl (C=O) groups excluding carboxylic acids is 1. The summed E-state index contributed by atoms with van der Waals surface area (Å²) in [5, 5.41) is 10.8.